The Labute approximate surface area is 104 Å². The van der Waals surface area contributed by atoms with Gasteiger partial charge in [0.05, 0.1) is 6.04 Å². The van der Waals surface area contributed by atoms with Gasteiger partial charge in [0.1, 0.15) is 6.29 Å². The van der Waals surface area contributed by atoms with Crippen molar-refractivity contribution < 1.29 is 4.79 Å². The number of carbonyl (C=O) groups excluding carboxylic acids is 1. The van der Waals surface area contributed by atoms with Crippen molar-refractivity contribution in [1.29, 1.82) is 0 Å². The first kappa shape index (κ1) is 11.8. The van der Waals surface area contributed by atoms with Gasteiger partial charge >= 0.3 is 0 Å². The van der Waals surface area contributed by atoms with Gasteiger partial charge in [0.2, 0.25) is 0 Å². The smallest absolute Gasteiger partial charge is 0.139 e. The maximum atomic E-state index is 11.1. The molecule has 1 aromatic carbocycles. The zero-order chi connectivity index (χ0) is 11.5. The number of hydrogen-bond acceptors (Lipinski definition) is 3. The summed E-state index contributed by atoms with van der Waals surface area (Å²) in [6.45, 7) is 0.802. The Morgan fingerprint density at radius 3 is 2.69 bits per heavy atom. The first-order valence-electron chi connectivity index (χ1n) is 5.44. The lowest BCUT2D eigenvalue weighted by Crippen LogP contribution is -2.49. The molecule has 16 heavy (non-hydrogen) atoms. The van der Waals surface area contributed by atoms with E-state index in [9.17, 15) is 4.79 Å². The Balaban J connectivity index is 2.24. The number of nitrogens with zero attached hydrogens (tertiary/aromatic N) is 1. The first-order valence-corrected chi connectivity index (χ1v) is 6.24. The molecule has 0 aliphatic carbocycles. The van der Waals surface area contributed by atoms with E-state index < -0.39 is 0 Å². The number of piperidine rings is 1. The van der Waals surface area contributed by atoms with Gasteiger partial charge in [-0.15, -0.1) is 0 Å². The largest absolute Gasteiger partial charge is 0.302 e. The van der Waals surface area contributed by atoms with Gasteiger partial charge in [0.15, 0.2) is 0 Å². The van der Waals surface area contributed by atoms with Crippen LogP contribution in [0.1, 0.15) is 24.3 Å². The van der Waals surface area contributed by atoms with Gasteiger partial charge in [0.25, 0.3) is 0 Å². The normalized spacial score (nSPS) is 26.6. The molecule has 86 valence electrons. The molecule has 1 heterocycles. The monoisotopic (exact) mass is 282 g/mol. The minimum Gasteiger partial charge on any atom is -0.302 e. The Morgan fingerprint density at radius 1 is 1.38 bits per heavy atom. The molecule has 0 aromatic heterocycles. The molecule has 3 nitrogen and oxygen atoms in total. The molecule has 2 N–H and O–H groups in total. The van der Waals surface area contributed by atoms with Crippen LogP contribution in [0.15, 0.2) is 28.7 Å². The SMILES string of the molecule is NN1CCCC(c2ccc(Br)cc2)C1C=O. The molecule has 0 radical (unpaired) electrons. The van der Waals surface area contributed by atoms with Crippen LogP contribution in [0.3, 0.4) is 0 Å². The predicted molar refractivity (Wildman–Crippen MR) is 66.9 cm³/mol. The lowest BCUT2D eigenvalue weighted by atomic mass is 9.85. The molecule has 2 unspecified atom stereocenters. The Kier molecular flexibility index (Phi) is 3.74. The van der Waals surface area contributed by atoms with E-state index in [1.165, 1.54) is 5.56 Å². The number of benzene rings is 1. The summed E-state index contributed by atoms with van der Waals surface area (Å²) in [6, 6.07) is 7.95. The number of hydrazine groups is 1. The lowest BCUT2D eigenvalue weighted by Gasteiger charge is -2.35. The number of carbonyl (C=O) groups is 1. The highest BCUT2D eigenvalue weighted by atomic mass is 79.9. The van der Waals surface area contributed by atoms with Crippen LogP contribution in [0.4, 0.5) is 0 Å². The van der Waals surface area contributed by atoms with Crippen LogP contribution in [0.25, 0.3) is 0 Å². The maximum Gasteiger partial charge on any atom is 0.139 e. The van der Waals surface area contributed by atoms with Crippen molar-refractivity contribution in [2.75, 3.05) is 6.54 Å². The number of aldehydes is 1. The third-order valence-corrected chi connectivity index (χ3v) is 3.69. The van der Waals surface area contributed by atoms with Gasteiger partial charge in [-0.25, -0.2) is 5.01 Å². The van der Waals surface area contributed by atoms with Crippen LogP contribution in [0.5, 0.6) is 0 Å². The second-order valence-electron chi connectivity index (χ2n) is 4.16. The predicted octanol–water partition coefficient (Wildman–Crippen LogP) is 2.07. The number of hydrogen-bond donors (Lipinski definition) is 1. The molecule has 0 amide bonds. The van der Waals surface area contributed by atoms with Gasteiger partial charge in [-0.1, -0.05) is 28.1 Å². The Morgan fingerprint density at radius 2 is 2.06 bits per heavy atom. The molecule has 2 rings (SSSR count). The second-order valence-corrected chi connectivity index (χ2v) is 5.08. The molecule has 1 aliphatic heterocycles. The summed E-state index contributed by atoms with van der Waals surface area (Å²) in [7, 11) is 0. The zero-order valence-electron chi connectivity index (χ0n) is 8.97. The summed E-state index contributed by atoms with van der Waals surface area (Å²) in [6.07, 6.45) is 3.03. The van der Waals surface area contributed by atoms with Crippen LogP contribution < -0.4 is 5.84 Å². The van der Waals surface area contributed by atoms with Crippen LogP contribution in [-0.2, 0) is 4.79 Å². The van der Waals surface area contributed by atoms with E-state index in [0.717, 1.165) is 30.1 Å². The van der Waals surface area contributed by atoms with Gasteiger partial charge < -0.3 is 4.79 Å². The molecular weight excluding hydrogens is 268 g/mol. The van der Waals surface area contributed by atoms with E-state index in [-0.39, 0.29) is 12.0 Å². The molecule has 0 bridgehead atoms. The van der Waals surface area contributed by atoms with Crippen molar-refractivity contribution in [2.24, 2.45) is 5.84 Å². The topological polar surface area (TPSA) is 46.3 Å². The van der Waals surface area contributed by atoms with E-state index in [1.807, 2.05) is 12.1 Å². The van der Waals surface area contributed by atoms with Crippen LogP contribution in [0, 0.1) is 0 Å². The second kappa shape index (κ2) is 5.08. The van der Waals surface area contributed by atoms with Crippen molar-refractivity contribution in [3.05, 3.63) is 34.3 Å². The first-order chi connectivity index (χ1) is 7.72. The minimum absolute atomic E-state index is 0.185. The summed E-state index contributed by atoms with van der Waals surface area (Å²) in [4.78, 5) is 11.1. The third kappa shape index (κ3) is 2.34. The van der Waals surface area contributed by atoms with Crippen molar-refractivity contribution in [3.8, 4) is 0 Å². The van der Waals surface area contributed by atoms with E-state index in [1.54, 1.807) is 5.01 Å². The maximum absolute atomic E-state index is 11.1. The van der Waals surface area contributed by atoms with Crippen molar-refractivity contribution >= 4 is 22.2 Å². The third-order valence-electron chi connectivity index (χ3n) is 3.16. The van der Waals surface area contributed by atoms with E-state index in [0.29, 0.717) is 0 Å². The van der Waals surface area contributed by atoms with Gasteiger partial charge in [-0.2, -0.15) is 0 Å². The van der Waals surface area contributed by atoms with E-state index in [4.69, 9.17) is 5.84 Å². The van der Waals surface area contributed by atoms with Crippen molar-refractivity contribution in [1.82, 2.24) is 5.01 Å². The fourth-order valence-corrected chi connectivity index (χ4v) is 2.56. The van der Waals surface area contributed by atoms with Gasteiger partial charge in [-0.05, 0) is 30.5 Å². The minimum atomic E-state index is -0.185. The Hall–Kier alpha value is -0.710. The zero-order valence-corrected chi connectivity index (χ0v) is 10.6. The van der Waals surface area contributed by atoms with Crippen molar-refractivity contribution in [2.45, 2.75) is 24.8 Å². The lowest BCUT2D eigenvalue weighted by molar-refractivity contribution is -0.114. The molecule has 1 aromatic rings. The van der Waals surface area contributed by atoms with E-state index in [2.05, 4.69) is 28.1 Å². The van der Waals surface area contributed by atoms with Gasteiger partial charge in [-0.3, -0.25) is 5.84 Å². The highest BCUT2D eigenvalue weighted by molar-refractivity contribution is 9.10. The Bertz CT molecular complexity index is 366. The van der Waals surface area contributed by atoms with Crippen molar-refractivity contribution in [3.63, 3.8) is 0 Å². The van der Waals surface area contributed by atoms with Gasteiger partial charge in [0, 0.05) is 16.9 Å². The molecule has 0 spiro atoms. The average molecular weight is 283 g/mol. The summed E-state index contributed by atoms with van der Waals surface area (Å²) < 4.78 is 1.05. The summed E-state index contributed by atoms with van der Waals surface area (Å²) in [5.74, 6) is 6.07. The fraction of sp³-hybridized carbons (Fsp3) is 0.417. The molecule has 0 saturated carbocycles. The van der Waals surface area contributed by atoms with Crippen LogP contribution >= 0.6 is 15.9 Å². The quantitative estimate of drug-likeness (QED) is 0.667. The number of nitrogens with two attached hydrogens (primary N) is 1. The summed E-state index contributed by atoms with van der Waals surface area (Å²) >= 11 is 3.41. The molecule has 1 saturated heterocycles. The average Bonchev–Trinajstić information content (AvgIpc) is 2.30. The standard InChI is InChI=1S/C12H15BrN2O/c13-10-5-3-9(4-6-10)11-2-1-7-15(14)12(11)8-16/h3-6,8,11-12H,1-2,7,14H2. The van der Waals surface area contributed by atoms with E-state index >= 15 is 0 Å². The highest BCUT2D eigenvalue weighted by Gasteiger charge is 2.30. The molecule has 4 heteroatoms. The summed E-state index contributed by atoms with van der Waals surface area (Å²) in [5, 5.41) is 1.66. The van der Waals surface area contributed by atoms with Crippen LogP contribution in [0.2, 0.25) is 0 Å². The summed E-state index contributed by atoms with van der Waals surface area (Å²) in [5.41, 5.74) is 1.19. The number of rotatable bonds is 2. The molecule has 1 fully saturated rings. The van der Waals surface area contributed by atoms with Crippen LogP contribution in [-0.4, -0.2) is 23.9 Å². The molecule has 1 aliphatic rings. The molecular formula is C12H15BrN2O. The fourth-order valence-electron chi connectivity index (χ4n) is 2.29. The highest BCUT2D eigenvalue weighted by Crippen LogP contribution is 2.30. The number of halogens is 1. The molecule has 2 atom stereocenters.